The molecule has 0 saturated heterocycles. The Labute approximate surface area is 156 Å². The van der Waals surface area contributed by atoms with E-state index in [1.165, 1.54) is 4.68 Å². The molecule has 7 heteroatoms. The largest absolute Gasteiger partial charge is 0.495 e. The van der Waals surface area contributed by atoms with Gasteiger partial charge in [0.05, 0.1) is 17.8 Å². The first kappa shape index (κ1) is 17.8. The van der Waals surface area contributed by atoms with Crippen molar-refractivity contribution >= 4 is 23.2 Å². The highest BCUT2D eigenvalue weighted by Crippen LogP contribution is 2.26. The number of carbonyl (C=O) groups excluding carboxylic acids is 1. The Morgan fingerprint density at radius 3 is 2.77 bits per heavy atom. The molecule has 1 amide bonds. The summed E-state index contributed by atoms with van der Waals surface area (Å²) < 4.78 is 12.4. The molecular formula is C19H18ClN3O3. The van der Waals surface area contributed by atoms with E-state index in [1.54, 1.807) is 37.6 Å². The molecular weight excluding hydrogens is 354 g/mol. The Hall–Kier alpha value is -2.99. The van der Waals surface area contributed by atoms with Gasteiger partial charge in [0.2, 0.25) is 0 Å². The third-order valence-corrected chi connectivity index (χ3v) is 3.98. The topological polar surface area (TPSA) is 65.4 Å². The van der Waals surface area contributed by atoms with Crippen LogP contribution in [-0.4, -0.2) is 22.8 Å². The summed E-state index contributed by atoms with van der Waals surface area (Å²) in [6, 6.07) is 14.3. The second kappa shape index (κ2) is 7.93. The van der Waals surface area contributed by atoms with E-state index < -0.39 is 0 Å². The maximum Gasteiger partial charge on any atom is 0.276 e. The molecule has 1 aromatic heterocycles. The molecule has 1 N–H and O–H groups in total. The second-order valence-electron chi connectivity index (χ2n) is 5.60. The Kier molecular flexibility index (Phi) is 5.43. The minimum Gasteiger partial charge on any atom is -0.495 e. The van der Waals surface area contributed by atoms with Crippen LogP contribution >= 0.6 is 11.6 Å². The van der Waals surface area contributed by atoms with Crippen LogP contribution in [0.15, 0.2) is 54.7 Å². The van der Waals surface area contributed by atoms with Gasteiger partial charge >= 0.3 is 0 Å². The Balaban J connectivity index is 1.67. The van der Waals surface area contributed by atoms with Gasteiger partial charge in [-0.15, -0.1) is 0 Å². The average Bonchev–Trinajstić information content (AvgIpc) is 3.10. The molecule has 0 spiro atoms. The SMILES string of the molecule is COc1ccc(C)cc1NC(=O)c1ccn(COc2ccccc2Cl)n1. The lowest BCUT2D eigenvalue weighted by atomic mass is 10.2. The van der Waals surface area contributed by atoms with Crippen molar-refractivity contribution in [3.8, 4) is 11.5 Å². The molecule has 0 radical (unpaired) electrons. The number of amides is 1. The van der Waals surface area contributed by atoms with Crippen molar-refractivity contribution in [1.82, 2.24) is 9.78 Å². The summed E-state index contributed by atoms with van der Waals surface area (Å²) in [5.41, 5.74) is 1.88. The van der Waals surface area contributed by atoms with E-state index in [0.29, 0.717) is 22.2 Å². The van der Waals surface area contributed by atoms with E-state index in [-0.39, 0.29) is 18.3 Å². The first-order valence-electron chi connectivity index (χ1n) is 7.93. The maximum absolute atomic E-state index is 12.4. The zero-order chi connectivity index (χ0) is 18.5. The van der Waals surface area contributed by atoms with Crippen molar-refractivity contribution in [3.05, 3.63) is 71.0 Å². The number of ether oxygens (including phenoxy) is 2. The number of aromatic nitrogens is 2. The fourth-order valence-electron chi connectivity index (χ4n) is 2.36. The predicted molar refractivity (Wildman–Crippen MR) is 100.0 cm³/mol. The predicted octanol–water partition coefficient (Wildman–Crippen LogP) is 4.14. The molecule has 0 aliphatic heterocycles. The van der Waals surface area contributed by atoms with Crippen molar-refractivity contribution in [1.29, 1.82) is 0 Å². The molecule has 0 fully saturated rings. The number of hydrogen-bond donors (Lipinski definition) is 1. The number of para-hydroxylation sites is 1. The number of aryl methyl sites for hydroxylation is 1. The molecule has 3 rings (SSSR count). The van der Waals surface area contributed by atoms with Gasteiger partial charge in [0.15, 0.2) is 12.4 Å². The van der Waals surface area contributed by atoms with Gasteiger partial charge in [0, 0.05) is 6.20 Å². The third kappa shape index (κ3) is 4.15. The van der Waals surface area contributed by atoms with Crippen LogP contribution in [0.25, 0.3) is 0 Å². The van der Waals surface area contributed by atoms with E-state index in [2.05, 4.69) is 10.4 Å². The number of anilines is 1. The summed E-state index contributed by atoms with van der Waals surface area (Å²) in [6.07, 6.45) is 1.67. The number of rotatable bonds is 6. The fourth-order valence-corrected chi connectivity index (χ4v) is 2.55. The quantitative estimate of drug-likeness (QED) is 0.707. The lowest BCUT2D eigenvalue weighted by Crippen LogP contribution is -2.15. The van der Waals surface area contributed by atoms with E-state index in [0.717, 1.165) is 5.56 Å². The van der Waals surface area contributed by atoms with Crippen molar-refractivity contribution in [2.24, 2.45) is 0 Å². The summed E-state index contributed by atoms with van der Waals surface area (Å²) in [4.78, 5) is 12.4. The fraction of sp³-hybridized carbons (Fsp3) is 0.158. The van der Waals surface area contributed by atoms with Crippen LogP contribution < -0.4 is 14.8 Å². The highest BCUT2D eigenvalue weighted by atomic mass is 35.5. The second-order valence-corrected chi connectivity index (χ2v) is 6.01. The number of carbonyl (C=O) groups is 1. The summed E-state index contributed by atoms with van der Waals surface area (Å²) in [6.45, 7) is 2.08. The third-order valence-electron chi connectivity index (χ3n) is 3.67. The molecule has 6 nitrogen and oxygen atoms in total. The summed E-state index contributed by atoms with van der Waals surface area (Å²) in [7, 11) is 1.56. The van der Waals surface area contributed by atoms with Crippen molar-refractivity contribution < 1.29 is 14.3 Å². The molecule has 0 bridgehead atoms. The number of nitrogens with zero attached hydrogens (tertiary/aromatic N) is 2. The van der Waals surface area contributed by atoms with Crippen molar-refractivity contribution in [2.75, 3.05) is 12.4 Å². The molecule has 134 valence electrons. The summed E-state index contributed by atoms with van der Waals surface area (Å²) in [5, 5.41) is 7.56. The Morgan fingerprint density at radius 2 is 2.00 bits per heavy atom. The van der Waals surface area contributed by atoms with Gasteiger partial charge in [-0.1, -0.05) is 29.8 Å². The minimum absolute atomic E-state index is 0.144. The van der Waals surface area contributed by atoms with Gasteiger partial charge in [0.1, 0.15) is 11.5 Å². The smallest absolute Gasteiger partial charge is 0.276 e. The Morgan fingerprint density at radius 1 is 1.19 bits per heavy atom. The van der Waals surface area contributed by atoms with Crippen LogP contribution in [0.3, 0.4) is 0 Å². The van der Waals surface area contributed by atoms with E-state index >= 15 is 0 Å². The first-order chi connectivity index (χ1) is 12.6. The van der Waals surface area contributed by atoms with Crippen LogP contribution in [0, 0.1) is 6.92 Å². The number of halogens is 1. The monoisotopic (exact) mass is 371 g/mol. The first-order valence-corrected chi connectivity index (χ1v) is 8.31. The summed E-state index contributed by atoms with van der Waals surface area (Å²) >= 11 is 6.05. The minimum atomic E-state index is -0.328. The van der Waals surface area contributed by atoms with E-state index in [1.807, 2.05) is 31.2 Å². The molecule has 0 saturated carbocycles. The van der Waals surface area contributed by atoms with E-state index in [4.69, 9.17) is 21.1 Å². The van der Waals surface area contributed by atoms with Crippen LogP contribution in [0.1, 0.15) is 16.1 Å². The molecule has 26 heavy (non-hydrogen) atoms. The summed E-state index contributed by atoms with van der Waals surface area (Å²) in [5.74, 6) is 0.816. The molecule has 0 unspecified atom stereocenters. The van der Waals surface area contributed by atoms with Crippen LogP contribution in [0.4, 0.5) is 5.69 Å². The van der Waals surface area contributed by atoms with Crippen molar-refractivity contribution in [2.45, 2.75) is 13.7 Å². The molecule has 0 aliphatic carbocycles. The number of methoxy groups -OCH3 is 1. The number of benzene rings is 2. The molecule has 3 aromatic rings. The van der Waals surface area contributed by atoms with Crippen LogP contribution in [-0.2, 0) is 6.73 Å². The van der Waals surface area contributed by atoms with E-state index in [9.17, 15) is 4.79 Å². The standard InChI is InChI=1S/C19H18ClN3O3/c1-13-7-8-18(25-2)16(11-13)21-19(24)15-9-10-23(22-15)12-26-17-6-4-3-5-14(17)20/h3-11H,12H2,1-2H3,(H,21,24). The van der Waals surface area contributed by atoms with Gasteiger partial charge in [-0.3, -0.25) is 4.79 Å². The highest BCUT2D eigenvalue weighted by molar-refractivity contribution is 6.32. The molecule has 0 atom stereocenters. The average molecular weight is 372 g/mol. The number of hydrogen-bond acceptors (Lipinski definition) is 4. The van der Waals surface area contributed by atoms with Gasteiger partial charge in [-0.25, -0.2) is 4.68 Å². The molecule has 2 aromatic carbocycles. The van der Waals surface area contributed by atoms with Gasteiger partial charge in [-0.2, -0.15) is 5.10 Å². The lowest BCUT2D eigenvalue weighted by Gasteiger charge is -2.10. The Bertz CT molecular complexity index is 924. The lowest BCUT2D eigenvalue weighted by molar-refractivity contribution is 0.102. The molecule has 0 aliphatic rings. The molecule has 1 heterocycles. The zero-order valence-corrected chi connectivity index (χ0v) is 15.2. The number of nitrogens with one attached hydrogen (secondary N) is 1. The van der Waals surface area contributed by atoms with Crippen LogP contribution in [0.2, 0.25) is 5.02 Å². The van der Waals surface area contributed by atoms with Gasteiger partial charge < -0.3 is 14.8 Å². The van der Waals surface area contributed by atoms with Gasteiger partial charge in [0.25, 0.3) is 5.91 Å². The normalized spacial score (nSPS) is 10.4. The van der Waals surface area contributed by atoms with Gasteiger partial charge in [-0.05, 0) is 42.8 Å². The zero-order valence-electron chi connectivity index (χ0n) is 14.4. The highest BCUT2D eigenvalue weighted by Gasteiger charge is 2.13. The van der Waals surface area contributed by atoms with Crippen molar-refractivity contribution in [3.63, 3.8) is 0 Å². The van der Waals surface area contributed by atoms with Crippen LogP contribution in [0.5, 0.6) is 11.5 Å². The maximum atomic E-state index is 12.4.